The van der Waals surface area contributed by atoms with E-state index in [1.54, 1.807) is 0 Å². The zero-order valence-corrected chi connectivity index (χ0v) is 8.30. The van der Waals surface area contributed by atoms with Gasteiger partial charge in [0.25, 0.3) is 0 Å². The standard InChI is InChI=1S/C9H12FNO2.ClH/c10-6-1-2-9(13)7(5-6)8(11)3-4-12;/h1-2,5,8,12-13H,3-4,11H2;1H/t8-;/m1./s1. The molecular weight excluding hydrogens is 209 g/mol. The second kappa shape index (κ2) is 5.80. The van der Waals surface area contributed by atoms with Crippen molar-refractivity contribution in [3.05, 3.63) is 29.6 Å². The van der Waals surface area contributed by atoms with Crippen molar-refractivity contribution in [3.8, 4) is 5.75 Å². The third-order valence-electron chi connectivity index (χ3n) is 1.83. The molecule has 3 nitrogen and oxygen atoms in total. The molecule has 80 valence electrons. The molecule has 0 unspecified atom stereocenters. The van der Waals surface area contributed by atoms with Gasteiger partial charge in [-0.25, -0.2) is 4.39 Å². The number of nitrogens with two attached hydrogens (primary N) is 1. The third kappa shape index (κ3) is 3.14. The number of phenols is 1. The summed E-state index contributed by atoms with van der Waals surface area (Å²) in [4.78, 5) is 0. The average Bonchev–Trinajstić information content (AvgIpc) is 2.09. The van der Waals surface area contributed by atoms with Crippen LogP contribution in [-0.4, -0.2) is 16.8 Å². The van der Waals surface area contributed by atoms with E-state index in [1.165, 1.54) is 12.1 Å². The lowest BCUT2D eigenvalue weighted by molar-refractivity contribution is 0.275. The second-order valence-electron chi connectivity index (χ2n) is 2.82. The van der Waals surface area contributed by atoms with Crippen molar-refractivity contribution in [1.82, 2.24) is 0 Å². The van der Waals surface area contributed by atoms with Gasteiger partial charge < -0.3 is 15.9 Å². The Hall–Kier alpha value is -0.840. The summed E-state index contributed by atoms with van der Waals surface area (Å²) in [6, 6.07) is 3.06. The van der Waals surface area contributed by atoms with Crippen LogP contribution in [0.1, 0.15) is 18.0 Å². The number of hydrogen-bond acceptors (Lipinski definition) is 3. The quantitative estimate of drug-likeness (QED) is 0.722. The van der Waals surface area contributed by atoms with E-state index in [0.29, 0.717) is 12.0 Å². The fourth-order valence-electron chi connectivity index (χ4n) is 1.12. The predicted octanol–water partition coefficient (Wildman–Crippen LogP) is 1.34. The van der Waals surface area contributed by atoms with Crippen LogP contribution >= 0.6 is 12.4 Å². The molecule has 0 bridgehead atoms. The van der Waals surface area contributed by atoms with E-state index in [2.05, 4.69) is 0 Å². The summed E-state index contributed by atoms with van der Waals surface area (Å²) in [7, 11) is 0. The van der Waals surface area contributed by atoms with Gasteiger partial charge in [0.2, 0.25) is 0 Å². The molecule has 0 fully saturated rings. The highest BCUT2D eigenvalue weighted by Gasteiger charge is 2.10. The third-order valence-corrected chi connectivity index (χ3v) is 1.83. The summed E-state index contributed by atoms with van der Waals surface area (Å²) in [5.74, 6) is -0.483. The minimum Gasteiger partial charge on any atom is -0.508 e. The number of aromatic hydroxyl groups is 1. The van der Waals surface area contributed by atoms with Crippen LogP contribution < -0.4 is 5.73 Å². The van der Waals surface area contributed by atoms with Gasteiger partial charge in [-0.15, -0.1) is 12.4 Å². The number of halogens is 2. The first kappa shape index (κ1) is 13.2. The number of aliphatic hydroxyl groups excluding tert-OH is 1. The number of hydrogen-bond donors (Lipinski definition) is 3. The maximum atomic E-state index is 12.7. The van der Waals surface area contributed by atoms with Crippen LogP contribution in [0.15, 0.2) is 18.2 Å². The molecule has 0 aromatic heterocycles. The van der Waals surface area contributed by atoms with E-state index >= 15 is 0 Å². The molecule has 0 aliphatic carbocycles. The molecule has 0 aliphatic heterocycles. The lowest BCUT2D eigenvalue weighted by Crippen LogP contribution is -2.12. The normalized spacial score (nSPS) is 11.9. The van der Waals surface area contributed by atoms with E-state index in [1.807, 2.05) is 0 Å². The lowest BCUT2D eigenvalue weighted by atomic mass is 10.0. The minimum absolute atomic E-state index is 0. The molecule has 1 rings (SSSR count). The molecule has 0 spiro atoms. The van der Waals surface area contributed by atoms with Crippen molar-refractivity contribution < 1.29 is 14.6 Å². The molecule has 0 heterocycles. The Morgan fingerprint density at radius 2 is 2.07 bits per heavy atom. The number of aliphatic hydroxyl groups is 1. The molecule has 0 saturated carbocycles. The Labute approximate surface area is 87.8 Å². The summed E-state index contributed by atoms with van der Waals surface area (Å²) in [5.41, 5.74) is 5.92. The molecule has 1 aromatic carbocycles. The molecule has 14 heavy (non-hydrogen) atoms. The molecule has 0 radical (unpaired) electrons. The molecule has 1 atom stereocenters. The summed E-state index contributed by atoms with van der Waals surface area (Å²) in [6.07, 6.45) is 0.303. The zero-order chi connectivity index (χ0) is 9.84. The Balaban J connectivity index is 0.00000169. The van der Waals surface area contributed by atoms with Crippen LogP contribution in [0, 0.1) is 5.82 Å². The van der Waals surface area contributed by atoms with Gasteiger partial charge in [-0.3, -0.25) is 0 Å². The number of rotatable bonds is 3. The van der Waals surface area contributed by atoms with Crippen molar-refractivity contribution in [3.63, 3.8) is 0 Å². The highest BCUT2D eigenvalue weighted by atomic mass is 35.5. The van der Waals surface area contributed by atoms with Gasteiger partial charge in [-0.2, -0.15) is 0 Å². The van der Waals surface area contributed by atoms with Gasteiger partial charge in [0.15, 0.2) is 0 Å². The summed E-state index contributed by atoms with van der Waals surface area (Å²) in [5, 5.41) is 17.9. The molecule has 0 saturated heterocycles. The average molecular weight is 222 g/mol. The fraction of sp³-hybridized carbons (Fsp3) is 0.333. The molecule has 5 heteroatoms. The van der Waals surface area contributed by atoms with Crippen LogP contribution in [-0.2, 0) is 0 Å². The van der Waals surface area contributed by atoms with Gasteiger partial charge in [0, 0.05) is 18.2 Å². The van der Waals surface area contributed by atoms with Gasteiger partial charge in [0.1, 0.15) is 11.6 Å². The smallest absolute Gasteiger partial charge is 0.123 e. The first-order valence-electron chi connectivity index (χ1n) is 4.00. The van der Waals surface area contributed by atoms with Gasteiger partial charge in [-0.1, -0.05) is 0 Å². The minimum atomic E-state index is -0.527. The Morgan fingerprint density at radius 1 is 1.43 bits per heavy atom. The van der Waals surface area contributed by atoms with Crippen molar-refractivity contribution in [1.29, 1.82) is 0 Å². The highest BCUT2D eigenvalue weighted by Crippen LogP contribution is 2.24. The van der Waals surface area contributed by atoms with Gasteiger partial charge in [-0.05, 0) is 24.6 Å². The van der Waals surface area contributed by atoms with E-state index in [0.717, 1.165) is 6.07 Å². The number of phenolic OH excluding ortho intramolecular Hbond substituents is 1. The summed E-state index contributed by atoms with van der Waals surface area (Å²) in [6.45, 7) is -0.0862. The van der Waals surface area contributed by atoms with E-state index in [9.17, 15) is 9.50 Å². The van der Waals surface area contributed by atoms with E-state index in [-0.39, 0.29) is 24.8 Å². The lowest BCUT2D eigenvalue weighted by Gasteiger charge is -2.11. The highest BCUT2D eigenvalue weighted by molar-refractivity contribution is 5.85. The summed E-state index contributed by atoms with van der Waals surface area (Å²) < 4.78 is 12.7. The second-order valence-corrected chi connectivity index (χ2v) is 2.82. The fourth-order valence-corrected chi connectivity index (χ4v) is 1.12. The maximum absolute atomic E-state index is 12.7. The molecule has 1 aromatic rings. The van der Waals surface area contributed by atoms with Crippen LogP contribution in [0.25, 0.3) is 0 Å². The Morgan fingerprint density at radius 3 is 2.64 bits per heavy atom. The van der Waals surface area contributed by atoms with Gasteiger partial charge in [0.05, 0.1) is 0 Å². The topological polar surface area (TPSA) is 66.5 Å². The van der Waals surface area contributed by atoms with E-state index in [4.69, 9.17) is 10.8 Å². The molecule has 4 N–H and O–H groups in total. The van der Waals surface area contributed by atoms with Crippen molar-refractivity contribution in [2.45, 2.75) is 12.5 Å². The van der Waals surface area contributed by atoms with Crippen molar-refractivity contribution >= 4 is 12.4 Å². The van der Waals surface area contributed by atoms with Gasteiger partial charge >= 0.3 is 0 Å². The molecule has 0 aliphatic rings. The van der Waals surface area contributed by atoms with Crippen molar-refractivity contribution in [2.24, 2.45) is 5.73 Å². The molecule has 0 amide bonds. The summed E-state index contributed by atoms with van der Waals surface area (Å²) >= 11 is 0. The zero-order valence-electron chi connectivity index (χ0n) is 7.48. The first-order chi connectivity index (χ1) is 6.15. The monoisotopic (exact) mass is 221 g/mol. The largest absolute Gasteiger partial charge is 0.508 e. The van der Waals surface area contributed by atoms with Crippen molar-refractivity contribution in [2.75, 3.05) is 6.61 Å². The van der Waals surface area contributed by atoms with Crippen LogP contribution in [0.3, 0.4) is 0 Å². The van der Waals surface area contributed by atoms with E-state index < -0.39 is 11.9 Å². The van der Waals surface area contributed by atoms with Crippen LogP contribution in [0.4, 0.5) is 4.39 Å². The maximum Gasteiger partial charge on any atom is 0.123 e. The Bertz CT molecular complexity index is 296. The number of benzene rings is 1. The predicted molar refractivity (Wildman–Crippen MR) is 53.9 cm³/mol. The van der Waals surface area contributed by atoms with Crippen LogP contribution in [0.2, 0.25) is 0 Å². The SMILES string of the molecule is Cl.N[C@H](CCO)c1cc(F)ccc1O. The first-order valence-corrected chi connectivity index (χ1v) is 4.00. The molecular formula is C9H13ClFNO2. The Kier molecular flexibility index (Phi) is 5.45. The van der Waals surface area contributed by atoms with Crippen LogP contribution in [0.5, 0.6) is 5.75 Å².